The Morgan fingerprint density at radius 1 is 1.42 bits per heavy atom. The van der Waals surface area contributed by atoms with Crippen molar-refractivity contribution in [2.45, 2.75) is 26.2 Å². The minimum atomic E-state index is 0.571. The van der Waals surface area contributed by atoms with E-state index in [9.17, 15) is 0 Å². The molecule has 1 aliphatic heterocycles. The van der Waals surface area contributed by atoms with Crippen molar-refractivity contribution < 1.29 is 4.74 Å². The highest BCUT2D eigenvalue weighted by Crippen LogP contribution is 2.26. The van der Waals surface area contributed by atoms with Crippen LogP contribution in [0.4, 0.5) is 0 Å². The van der Waals surface area contributed by atoms with Crippen LogP contribution in [0.3, 0.4) is 0 Å². The first-order valence-corrected chi connectivity index (χ1v) is 7.52. The van der Waals surface area contributed by atoms with Crippen molar-refractivity contribution in [3.63, 3.8) is 0 Å². The third-order valence-electron chi connectivity index (χ3n) is 3.04. The quantitative estimate of drug-likeness (QED) is 0.750. The Kier molecular flexibility index (Phi) is 5.54. The van der Waals surface area contributed by atoms with E-state index in [4.69, 9.17) is 4.74 Å². The van der Waals surface area contributed by atoms with Crippen LogP contribution < -0.4 is 4.74 Å². The lowest BCUT2D eigenvalue weighted by Gasteiger charge is -2.21. The van der Waals surface area contributed by atoms with Gasteiger partial charge in [0.1, 0.15) is 12.3 Å². The molecular formula is C14H21N3OS. The summed E-state index contributed by atoms with van der Waals surface area (Å²) in [6.07, 6.45) is 9.78. The van der Waals surface area contributed by atoms with E-state index in [0.717, 1.165) is 31.6 Å². The summed E-state index contributed by atoms with van der Waals surface area (Å²) in [6.45, 7) is 4.77. The minimum absolute atomic E-state index is 0.571. The maximum absolute atomic E-state index is 5.70. The van der Waals surface area contributed by atoms with Gasteiger partial charge < -0.3 is 9.64 Å². The standard InChI is InChI=1S/C14H21N3OS/c1-3-4-5-6-10-18-14-13(15-19-16-14)12-8-7-9-17(2)11-12/h5-6,8H,3-4,7,9-11H2,1-2H3/b6-5+. The summed E-state index contributed by atoms with van der Waals surface area (Å²) < 4.78 is 14.3. The molecule has 2 heterocycles. The highest BCUT2D eigenvalue weighted by atomic mass is 32.1. The van der Waals surface area contributed by atoms with Crippen LogP contribution in [0.1, 0.15) is 31.9 Å². The van der Waals surface area contributed by atoms with Gasteiger partial charge in [0.15, 0.2) is 0 Å². The van der Waals surface area contributed by atoms with E-state index in [-0.39, 0.29) is 0 Å². The normalized spacial score (nSPS) is 16.8. The molecule has 4 nitrogen and oxygen atoms in total. The number of likely N-dealkylation sites (N-methyl/N-ethyl adjacent to an activating group) is 1. The van der Waals surface area contributed by atoms with E-state index in [1.54, 1.807) is 0 Å². The van der Waals surface area contributed by atoms with Crippen LogP contribution in [-0.2, 0) is 0 Å². The Labute approximate surface area is 119 Å². The van der Waals surface area contributed by atoms with Gasteiger partial charge in [-0.3, -0.25) is 0 Å². The molecule has 1 aromatic heterocycles. The lowest BCUT2D eigenvalue weighted by molar-refractivity contribution is 0.346. The van der Waals surface area contributed by atoms with Crippen LogP contribution in [0.2, 0.25) is 0 Å². The maximum atomic E-state index is 5.70. The van der Waals surface area contributed by atoms with E-state index >= 15 is 0 Å². The van der Waals surface area contributed by atoms with Crippen molar-refractivity contribution in [1.82, 2.24) is 13.6 Å². The molecule has 1 aromatic rings. The zero-order valence-corrected chi connectivity index (χ0v) is 12.4. The van der Waals surface area contributed by atoms with E-state index in [2.05, 4.69) is 39.8 Å². The number of allylic oxidation sites excluding steroid dienone is 1. The van der Waals surface area contributed by atoms with Crippen LogP contribution in [0.15, 0.2) is 18.2 Å². The fourth-order valence-corrected chi connectivity index (χ4v) is 2.55. The molecule has 1 aliphatic rings. The lowest BCUT2D eigenvalue weighted by Crippen LogP contribution is -2.25. The fraction of sp³-hybridized carbons (Fsp3) is 0.571. The van der Waals surface area contributed by atoms with Gasteiger partial charge in [-0.2, -0.15) is 4.37 Å². The van der Waals surface area contributed by atoms with Crippen molar-refractivity contribution in [3.8, 4) is 5.88 Å². The molecule has 0 N–H and O–H groups in total. The summed E-state index contributed by atoms with van der Waals surface area (Å²) in [5, 5.41) is 0. The molecule has 0 fully saturated rings. The van der Waals surface area contributed by atoms with Gasteiger partial charge in [-0.05, 0) is 25.5 Å². The fourth-order valence-electron chi connectivity index (χ4n) is 2.02. The zero-order chi connectivity index (χ0) is 13.5. The Bertz CT molecular complexity index is 453. The van der Waals surface area contributed by atoms with E-state index < -0.39 is 0 Å². The lowest BCUT2D eigenvalue weighted by atomic mass is 10.1. The molecule has 0 atom stereocenters. The Morgan fingerprint density at radius 3 is 3.11 bits per heavy atom. The number of ether oxygens (including phenoxy) is 1. The smallest absolute Gasteiger partial charge is 0.253 e. The molecule has 0 bridgehead atoms. The second-order valence-electron chi connectivity index (χ2n) is 4.74. The number of aromatic nitrogens is 2. The van der Waals surface area contributed by atoms with Gasteiger partial charge in [-0.25, -0.2) is 0 Å². The SMILES string of the molecule is CCC/C=C/COc1nsnc1C1=CCCN(C)C1. The van der Waals surface area contributed by atoms with Crippen LogP contribution in [0.25, 0.3) is 5.57 Å². The van der Waals surface area contributed by atoms with E-state index in [1.807, 2.05) is 6.08 Å². The summed E-state index contributed by atoms with van der Waals surface area (Å²) in [7, 11) is 2.13. The molecule has 2 rings (SSSR count). The first-order valence-electron chi connectivity index (χ1n) is 6.79. The summed E-state index contributed by atoms with van der Waals surface area (Å²) in [5.41, 5.74) is 2.15. The molecule has 0 unspecified atom stereocenters. The first kappa shape index (κ1) is 14.2. The van der Waals surface area contributed by atoms with Gasteiger partial charge in [0.2, 0.25) is 0 Å². The van der Waals surface area contributed by atoms with Gasteiger partial charge >= 0.3 is 0 Å². The molecule has 5 heteroatoms. The van der Waals surface area contributed by atoms with Crippen LogP contribution in [0, 0.1) is 0 Å². The number of nitrogens with zero attached hydrogens (tertiary/aromatic N) is 3. The summed E-state index contributed by atoms with van der Waals surface area (Å²) in [4.78, 5) is 2.29. The molecule has 0 aliphatic carbocycles. The highest BCUT2D eigenvalue weighted by molar-refractivity contribution is 6.99. The molecular weight excluding hydrogens is 258 g/mol. The largest absolute Gasteiger partial charge is 0.471 e. The molecule has 0 spiro atoms. The Balaban J connectivity index is 1.96. The van der Waals surface area contributed by atoms with Gasteiger partial charge in [0, 0.05) is 13.1 Å². The van der Waals surface area contributed by atoms with Crippen molar-refractivity contribution >= 4 is 17.3 Å². The number of rotatable bonds is 6. The summed E-state index contributed by atoms with van der Waals surface area (Å²) >= 11 is 1.22. The first-order chi connectivity index (χ1) is 9.31. The average molecular weight is 279 g/mol. The second-order valence-corrected chi connectivity index (χ2v) is 5.27. The van der Waals surface area contributed by atoms with Crippen LogP contribution >= 0.6 is 11.7 Å². The van der Waals surface area contributed by atoms with Gasteiger partial charge in [0.25, 0.3) is 5.88 Å². The van der Waals surface area contributed by atoms with E-state index in [0.29, 0.717) is 12.5 Å². The molecule has 0 amide bonds. The average Bonchev–Trinajstić information content (AvgIpc) is 2.87. The third kappa shape index (κ3) is 4.14. The van der Waals surface area contributed by atoms with Crippen molar-refractivity contribution in [2.75, 3.05) is 26.7 Å². The zero-order valence-electron chi connectivity index (χ0n) is 11.6. The Hall–Kier alpha value is -1.20. The molecule has 0 saturated carbocycles. The van der Waals surface area contributed by atoms with Gasteiger partial charge in [-0.15, -0.1) is 4.37 Å². The van der Waals surface area contributed by atoms with Crippen molar-refractivity contribution in [1.29, 1.82) is 0 Å². The third-order valence-corrected chi connectivity index (χ3v) is 3.55. The van der Waals surface area contributed by atoms with Crippen LogP contribution in [-0.4, -0.2) is 40.4 Å². The number of hydrogen-bond acceptors (Lipinski definition) is 5. The topological polar surface area (TPSA) is 38.3 Å². The molecule has 0 radical (unpaired) electrons. The molecule has 104 valence electrons. The summed E-state index contributed by atoms with van der Waals surface area (Å²) in [6, 6.07) is 0. The predicted octanol–water partition coefficient (Wildman–Crippen LogP) is 2.99. The summed E-state index contributed by atoms with van der Waals surface area (Å²) in [5.74, 6) is 0.674. The van der Waals surface area contributed by atoms with Crippen molar-refractivity contribution in [2.24, 2.45) is 0 Å². The maximum Gasteiger partial charge on any atom is 0.253 e. The van der Waals surface area contributed by atoms with Crippen LogP contribution in [0.5, 0.6) is 5.88 Å². The monoisotopic (exact) mass is 279 g/mol. The van der Waals surface area contributed by atoms with E-state index in [1.165, 1.54) is 23.7 Å². The van der Waals surface area contributed by atoms with Gasteiger partial charge in [0.05, 0.1) is 11.7 Å². The number of hydrogen-bond donors (Lipinski definition) is 0. The van der Waals surface area contributed by atoms with Gasteiger partial charge in [-0.1, -0.05) is 31.6 Å². The molecule has 19 heavy (non-hydrogen) atoms. The minimum Gasteiger partial charge on any atom is -0.471 e. The van der Waals surface area contributed by atoms with Crippen molar-refractivity contribution in [3.05, 3.63) is 23.9 Å². The highest BCUT2D eigenvalue weighted by Gasteiger charge is 2.18. The predicted molar refractivity (Wildman–Crippen MR) is 79.5 cm³/mol. The Morgan fingerprint density at radius 2 is 2.32 bits per heavy atom. The molecule has 0 saturated heterocycles. The number of unbranched alkanes of at least 4 members (excludes halogenated alkanes) is 1. The molecule has 0 aromatic carbocycles. The second kappa shape index (κ2) is 7.40.